The van der Waals surface area contributed by atoms with E-state index in [1.165, 1.54) is 54.2 Å². The number of fused-ring (bicyclic) bond motifs is 10. The molecule has 252 valence electrons. The van der Waals surface area contributed by atoms with Crippen LogP contribution in [0.2, 0.25) is 0 Å². The number of hydrogen-bond donors (Lipinski definition) is 0. The van der Waals surface area contributed by atoms with Crippen molar-refractivity contribution in [3.8, 4) is 22.3 Å². The largest absolute Gasteiger partial charge is 0.456 e. The monoisotopic (exact) mass is 687 g/mol. The van der Waals surface area contributed by atoms with Gasteiger partial charge >= 0.3 is 0 Å². The molecule has 0 saturated heterocycles. The maximum atomic E-state index is 6.68. The molecule has 0 N–H and O–H groups in total. The summed E-state index contributed by atoms with van der Waals surface area (Å²) >= 11 is 0. The van der Waals surface area contributed by atoms with Gasteiger partial charge < -0.3 is 9.32 Å². The first-order chi connectivity index (χ1) is 26.8. The molecule has 0 amide bonds. The molecule has 0 spiro atoms. The third kappa shape index (κ3) is 4.81. The molecule has 0 aliphatic rings. The van der Waals surface area contributed by atoms with Gasteiger partial charge in [-0.25, -0.2) is 0 Å². The van der Waals surface area contributed by atoms with Crippen molar-refractivity contribution in [3.63, 3.8) is 0 Å². The van der Waals surface area contributed by atoms with E-state index in [4.69, 9.17) is 4.42 Å². The fourth-order valence-corrected chi connectivity index (χ4v) is 8.51. The van der Waals surface area contributed by atoms with Crippen LogP contribution in [-0.4, -0.2) is 0 Å². The lowest BCUT2D eigenvalue weighted by molar-refractivity contribution is 0.669. The van der Waals surface area contributed by atoms with Crippen LogP contribution >= 0.6 is 0 Å². The predicted octanol–water partition coefficient (Wildman–Crippen LogP) is 15.0. The van der Waals surface area contributed by atoms with Crippen molar-refractivity contribution in [2.75, 3.05) is 4.90 Å². The molecule has 2 heteroatoms. The quantitative estimate of drug-likeness (QED) is 0.168. The van der Waals surface area contributed by atoms with E-state index in [1.807, 2.05) is 0 Å². The molecule has 0 fully saturated rings. The Morgan fingerprint density at radius 1 is 0.315 bits per heavy atom. The Morgan fingerprint density at radius 2 is 0.926 bits per heavy atom. The van der Waals surface area contributed by atoms with E-state index in [1.54, 1.807) is 0 Å². The Hall–Kier alpha value is -7.16. The number of nitrogens with zero attached hydrogens (tertiary/aromatic N) is 1. The van der Waals surface area contributed by atoms with E-state index in [0.29, 0.717) is 0 Å². The molecule has 1 heterocycles. The van der Waals surface area contributed by atoms with Gasteiger partial charge in [0, 0.05) is 16.6 Å². The zero-order chi connectivity index (χ0) is 35.6. The molecule has 0 bridgehead atoms. The summed E-state index contributed by atoms with van der Waals surface area (Å²) in [6.45, 7) is 0. The van der Waals surface area contributed by atoms with Crippen LogP contribution in [0.5, 0.6) is 0 Å². The number of rotatable bonds is 5. The molecular weight excluding hydrogens is 655 g/mol. The molecule has 0 unspecified atom stereocenters. The van der Waals surface area contributed by atoms with Gasteiger partial charge in [0.25, 0.3) is 0 Å². The van der Waals surface area contributed by atoms with Crippen molar-refractivity contribution in [1.82, 2.24) is 0 Å². The van der Waals surface area contributed by atoms with Gasteiger partial charge in [-0.15, -0.1) is 0 Å². The molecule has 0 aliphatic carbocycles. The highest BCUT2D eigenvalue weighted by Crippen LogP contribution is 2.47. The summed E-state index contributed by atoms with van der Waals surface area (Å²) in [5.74, 6) is 0. The standard InChI is InChI=1S/C52H33NO/c1-3-12-34(13-4-1)40-29-31-44-49(32-40)54-48-21-11-20-47(52(44)48)53(46-19-10-9-17-42(46)35-14-5-2-6-15-35)41-30-28-37-23-25-39-27-26-38-24-22-36-16-7-8-18-43(36)50(38)51(39)45(37)33-41/h1-33H. The predicted molar refractivity (Wildman–Crippen MR) is 229 cm³/mol. The summed E-state index contributed by atoms with van der Waals surface area (Å²) in [7, 11) is 0. The van der Waals surface area contributed by atoms with Gasteiger partial charge in [0.2, 0.25) is 0 Å². The van der Waals surface area contributed by atoms with Gasteiger partial charge in [0.05, 0.1) is 16.8 Å². The Bertz CT molecular complexity index is 3200. The lowest BCUT2D eigenvalue weighted by Crippen LogP contribution is -2.11. The molecule has 0 aliphatic heterocycles. The average molecular weight is 688 g/mol. The van der Waals surface area contributed by atoms with E-state index >= 15 is 0 Å². The Labute approximate surface area is 312 Å². The summed E-state index contributed by atoms with van der Waals surface area (Å²) in [5, 5.41) is 12.2. The van der Waals surface area contributed by atoms with Crippen LogP contribution in [0.3, 0.4) is 0 Å². The molecule has 54 heavy (non-hydrogen) atoms. The first kappa shape index (κ1) is 30.5. The normalized spacial score (nSPS) is 11.7. The van der Waals surface area contributed by atoms with Crippen molar-refractivity contribution in [3.05, 3.63) is 200 Å². The summed E-state index contributed by atoms with van der Waals surface area (Å²) in [4.78, 5) is 2.44. The minimum Gasteiger partial charge on any atom is -0.456 e. The highest BCUT2D eigenvalue weighted by molar-refractivity contribution is 6.28. The summed E-state index contributed by atoms with van der Waals surface area (Å²) in [6, 6.07) is 72.3. The number of furan rings is 1. The second kappa shape index (κ2) is 12.2. The molecule has 10 aromatic carbocycles. The first-order valence-corrected chi connectivity index (χ1v) is 18.5. The molecule has 0 saturated carbocycles. The highest BCUT2D eigenvalue weighted by Gasteiger charge is 2.23. The Balaban J connectivity index is 1.22. The summed E-state index contributed by atoms with van der Waals surface area (Å²) < 4.78 is 6.68. The van der Waals surface area contributed by atoms with Gasteiger partial charge in [0.1, 0.15) is 11.2 Å². The lowest BCUT2D eigenvalue weighted by Gasteiger charge is -2.29. The van der Waals surface area contributed by atoms with Crippen LogP contribution in [0.4, 0.5) is 17.1 Å². The maximum absolute atomic E-state index is 6.68. The minimum absolute atomic E-state index is 0.860. The Morgan fingerprint density at radius 3 is 1.72 bits per heavy atom. The third-order valence-electron chi connectivity index (χ3n) is 11.0. The SMILES string of the molecule is c1ccc(-c2ccc3c(c2)oc2cccc(N(c4ccc5ccc6ccc7ccc8ccccc8c7c6c5c4)c4ccccc4-c4ccccc4)c23)cc1. The molecule has 0 atom stereocenters. The van der Waals surface area contributed by atoms with E-state index < -0.39 is 0 Å². The average Bonchev–Trinajstić information content (AvgIpc) is 3.63. The molecule has 11 aromatic rings. The van der Waals surface area contributed by atoms with E-state index in [2.05, 4.69) is 205 Å². The van der Waals surface area contributed by atoms with E-state index in [0.717, 1.165) is 50.1 Å². The fraction of sp³-hybridized carbons (Fsp3) is 0. The van der Waals surface area contributed by atoms with Crippen molar-refractivity contribution in [1.29, 1.82) is 0 Å². The van der Waals surface area contributed by atoms with Crippen LogP contribution < -0.4 is 4.90 Å². The highest BCUT2D eigenvalue weighted by atomic mass is 16.3. The number of hydrogen-bond acceptors (Lipinski definition) is 2. The molecule has 0 radical (unpaired) electrons. The number of anilines is 3. The van der Waals surface area contributed by atoms with Gasteiger partial charge in [-0.1, -0.05) is 158 Å². The summed E-state index contributed by atoms with van der Waals surface area (Å²) in [5.41, 5.74) is 9.61. The zero-order valence-electron chi connectivity index (χ0n) is 29.4. The van der Waals surface area contributed by atoms with Crippen LogP contribution in [0.1, 0.15) is 0 Å². The van der Waals surface area contributed by atoms with E-state index in [9.17, 15) is 0 Å². The topological polar surface area (TPSA) is 16.4 Å². The van der Waals surface area contributed by atoms with Gasteiger partial charge in [-0.05, 0) is 102 Å². The Kier molecular flexibility index (Phi) is 6.90. The number of para-hydroxylation sites is 1. The molecule has 2 nitrogen and oxygen atoms in total. The minimum atomic E-state index is 0.860. The van der Waals surface area contributed by atoms with Gasteiger partial charge in [-0.3, -0.25) is 0 Å². The smallest absolute Gasteiger partial charge is 0.137 e. The molecular formula is C52H33NO. The molecule has 11 rings (SSSR count). The van der Waals surface area contributed by atoms with Gasteiger partial charge in [0.15, 0.2) is 0 Å². The third-order valence-corrected chi connectivity index (χ3v) is 11.0. The van der Waals surface area contributed by atoms with Crippen LogP contribution in [0.15, 0.2) is 205 Å². The van der Waals surface area contributed by atoms with Crippen LogP contribution in [0.25, 0.3) is 87.3 Å². The van der Waals surface area contributed by atoms with Crippen LogP contribution in [0, 0.1) is 0 Å². The van der Waals surface area contributed by atoms with E-state index in [-0.39, 0.29) is 0 Å². The lowest BCUT2D eigenvalue weighted by atomic mass is 9.92. The van der Waals surface area contributed by atoms with Crippen molar-refractivity contribution in [2.24, 2.45) is 0 Å². The van der Waals surface area contributed by atoms with Crippen molar-refractivity contribution < 1.29 is 4.42 Å². The fourth-order valence-electron chi connectivity index (χ4n) is 8.51. The number of benzene rings is 10. The van der Waals surface area contributed by atoms with Gasteiger partial charge in [-0.2, -0.15) is 0 Å². The second-order valence-electron chi connectivity index (χ2n) is 14.1. The second-order valence-corrected chi connectivity index (χ2v) is 14.1. The maximum Gasteiger partial charge on any atom is 0.137 e. The molecule has 1 aromatic heterocycles. The van der Waals surface area contributed by atoms with Crippen molar-refractivity contribution in [2.45, 2.75) is 0 Å². The van der Waals surface area contributed by atoms with Crippen LogP contribution in [-0.2, 0) is 0 Å². The first-order valence-electron chi connectivity index (χ1n) is 18.5. The summed E-state index contributed by atoms with van der Waals surface area (Å²) in [6.07, 6.45) is 0. The zero-order valence-corrected chi connectivity index (χ0v) is 29.4. The van der Waals surface area contributed by atoms with Crippen molar-refractivity contribution >= 4 is 82.1 Å².